The molecule has 1 saturated carbocycles. The summed E-state index contributed by atoms with van der Waals surface area (Å²) in [7, 11) is 0. The minimum absolute atomic E-state index is 0.0269. The fourth-order valence-electron chi connectivity index (χ4n) is 2.97. The van der Waals surface area contributed by atoms with E-state index < -0.39 is 0 Å². The van der Waals surface area contributed by atoms with Crippen LogP contribution in [0.2, 0.25) is 0 Å². The summed E-state index contributed by atoms with van der Waals surface area (Å²) in [6.45, 7) is 4.77. The number of halogens is 1. The van der Waals surface area contributed by atoms with Crippen molar-refractivity contribution in [2.75, 3.05) is 19.7 Å². The van der Waals surface area contributed by atoms with Crippen LogP contribution >= 0.6 is 0 Å². The van der Waals surface area contributed by atoms with Crippen LogP contribution in [-0.4, -0.2) is 19.7 Å². The van der Waals surface area contributed by atoms with Gasteiger partial charge in [0.1, 0.15) is 5.82 Å². The van der Waals surface area contributed by atoms with Gasteiger partial charge in [-0.05, 0) is 49.4 Å². The molecule has 0 radical (unpaired) electrons. The number of ether oxygens (including phenoxy) is 1. The molecule has 1 aliphatic rings. The predicted molar refractivity (Wildman–Crippen MR) is 84.8 cm³/mol. The van der Waals surface area contributed by atoms with Crippen LogP contribution in [0.4, 0.5) is 4.39 Å². The maximum absolute atomic E-state index is 13.1. The second-order valence-corrected chi connectivity index (χ2v) is 6.08. The zero-order chi connectivity index (χ0) is 14.9. The molecule has 2 nitrogen and oxygen atoms in total. The fourth-order valence-corrected chi connectivity index (χ4v) is 2.97. The first-order valence-corrected chi connectivity index (χ1v) is 8.37. The minimum atomic E-state index is -0.189. The van der Waals surface area contributed by atoms with Crippen LogP contribution in [0, 0.1) is 11.7 Å². The minimum Gasteiger partial charge on any atom is -0.372 e. The Morgan fingerprint density at radius 2 is 1.90 bits per heavy atom. The first kappa shape index (κ1) is 16.4. The highest BCUT2D eigenvalue weighted by Gasteiger charge is 2.17. The summed E-state index contributed by atoms with van der Waals surface area (Å²) < 4.78 is 19.2. The summed E-state index contributed by atoms with van der Waals surface area (Å²) in [6.07, 6.45) is 7.76. The van der Waals surface area contributed by atoms with Crippen molar-refractivity contribution in [3.8, 4) is 0 Å². The highest BCUT2D eigenvalue weighted by atomic mass is 19.1. The second-order valence-electron chi connectivity index (χ2n) is 6.08. The Hall–Kier alpha value is -0.930. The molecule has 1 fully saturated rings. The van der Waals surface area contributed by atoms with E-state index in [2.05, 4.69) is 12.2 Å². The molecule has 0 aromatic heterocycles. The molecule has 1 N–H and O–H groups in total. The highest BCUT2D eigenvalue weighted by molar-refractivity contribution is 5.19. The SMILES string of the molecule is CCCNCC(OCC1CCCCC1)c1ccc(F)cc1. The lowest BCUT2D eigenvalue weighted by atomic mass is 9.90. The molecule has 118 valence electrons. The van der Waals surface area contributed by atoms with E-state index in [0.717, 1.165) is 31.7 Å². The average Bonchev–Trinajstić information content (AvgIpc) is 2.53. The number of hydrogen-bond donors (Lipinski definition) is 1. The monoisotopic (exact) mass is 293 g/mol. The Morgan fingerprint density at radius 3 is 2.57 bits per heavy atom. The number of hydrogen-bond acceptors (Lipinski definition) is 2. The van der Waals surface area contributed by atoms with Crippen molar-refractivity contribution < 1.29 is 9.13 Å². The maximum Gasteiger partial charge on any atom is 0.123 e. The van der Waals surface area contributed by atoms with Gasteiger partial charge >= 0.3 is 0 Å². The third-order valence-electron chi connectivity index (χ3n) is 4.26. The Morgan fingerprint density at radius 1 is 1.19 bits per heavy atom. The van der Waals surface area contributed by atoms with Crippen molar-refractivity contribution >= 4 is 0 Å². The second kappa shape index (κ2) is 9.16. The molecular weight excluding hydrogens is 265 g/mol. The molecule has 1 aliphatic carbocycles. The van der Waals surface area contributed by atoms with Crippen molar-refractivity contribution in [2.45, 2.75) is 51.6 Å². The Kier molecular flexibility index (Phi) is 7.17. The summed E-state index contributed by atoms with van der Waals surface area (Å²) in [5.74, 6) is 0.513. The predicted octanol–water partition coefficient (Wildman–Crippen LogP) is 4.46. The zero-order valence-corrected chi connectivity index (χ0v) is 13.1. The highest BCUT2D eigenvalue weighted by Crippen LogP contribution is 2.26. The normalized spacial score (nSPS) is 17.8. The molecule has 0 amide bonds. The zero-order valence-electron chi connectivity index (χ0n) is 13.1. The largest absolute Gasteiger partial charge is 0.372 e. The fraction of sp³-hybridized carbons (Fsp3) is 0.667. The molecule has 1 aromatic rings. The molecule has 3 heteroatoms. The quantitative estimate of drug-likeness (QED) is 0.714. The molecule has 1 aromatic carbocycles. The molecule has 0 spiro atoms. The molecule has 1 atom stereocenters. The number of benzene rings is 1. The van der Waals surface area contributed by atoms with E-state index >= 15 is 0 Å². The van der Waals surface area contributed by atoms with E-state index in [-0.39, 0.29) is 11.9 Å². The summed E-state index contributed by atoms with van der Waals surface area (Å²) in [5, 5.41) is 3.42. The van der Waals surface area contributed by atoms with Crippen molar-refractivity contribution in [2.24, 2.45) is 5.92 Å². The molecule has 0 aliphatic heterocycles. The molecule has 21 heavy (non-hydrogen) atoms. The van der Waals surface area contributed by atoms with Gasteiger partial charge in [0.15, 0.2) is 0 Å². The van der Waals surface area contributed by atoms with E-state index in [0.29, 0.717) is 5.92 Å². The van der Waals surface area contributed by atoms with Gasteiger partial charge in [-0.3, -0.25) is 0 Å². The lowest BCUT2D eigenvalue weighted by molar-refractivity contribution is 0.0200. The van der Waals surface area contributed by atoms with Gasteiger partial charge in [-0.15, -0.1) is 0 Å². The summed E-state index contributed by atoms with van der Waals surface area (Å²) in [5.41, 5.74) is 1.07. The molecule has 0 heterocycles. The standard InChI is InChI=1S/C18H28FNO/c1-2-12-20-13-18(16-8-10-17(19)11-9-16)21-14-15-6-4-3-5-7-15/h8-11,15,18,20H,2-7,12-14H2,1H3. The van der Waals surface area contributed by atoms with Crippen LogP contribution in [-0.2, 0) is 4.74 Å². The van der Waals surface area contributed by atoms with Crippen LogP contribution in [0.3, 0.4) is 0 Å². The lowest BCUT2D eigenvalue weighted by Crippen LogP contribution is -2.26. The van der Waals surface area contributed by atoms with Gasteiger partial charge in [-0.2, -0.15) is 0 Å². The first-order chi connectivity index (χ1) is 10.3. The van der Waals surface area contributed by atoms with Gasteiger partial charge in [-0.1, -0.05) is 38.3 Å². The molecule has 0 bridgehead atoms. The van der Waals surface area contributed by atoms with Crippen molar-refractivity contribution in [1.82, 2.24) is 5.32 Å². The van der Waals surface area contributed by atoms with Gasteiger partial charge in [0, 0.05) is 6.54 Å². The summed E-state index contributed by atoms with van der Waals surface area (Å²) in [4.78, 5) is 0. The average molecular weight is 293 g/mol. The van der Waals surface area contributed by atoms with E-state index in [4.69, 9.17) is 4.74 Å². The van der Waals surface area contributed by atoms with Crippen LogP contribution in [0.25, 0.3) is 0 Å². The third kappa shape index (κ3) is 5.76. The van der Waals surface area contributed by atoms with Gasteiger partial charge < -0.3 is 10.1 Å². The van der Waals surface area contributed by atoms with Gasteiger partial charge in [0.2, 0.25) is 0 Å². The lowest BCUT2D eigenvalue weighted by Gasteiger charge is -2.25. The Bertz CT molecular complexity index is 387. The number of nitrogens with one attached hydrogen (secondary N) is 1. The topological polar surface area (TPSA) is 21.3 Å². The van der Waals surface area contributed by atoms with Crippen LogP contribution in [0.5, 0.6) is 0 Å². The van der Waals surface area contributed by atoms with Crippen LogP contribution in [0.1, 0.15) is 57.1 Å². The maximum atomic E-state index is 13.1. The Balaban J connectivity index is 1.89. The molecule has 1 unspecified atom stereocenters. The van der Waals surface area contributed by atoms with E-state index in [9.17, 15) is 4.39 Å². The molecular formula is C18H28FNO. The van der Waals surface area contributed by atoms with Crippen molar-refractivity contribution in [1.29, 1.82) is 0 Å². The van der Waals surface area contributed by atoms with Crippen molar-refractivity contribution in [3.63, 3.8) is 0 Å². The molecule has 2 rings (SSSR count). The van der Waals surface area contributed by atoms with E-state index in [1.54, 1.807) is 0 Å². The smallest absolute Gasteiger partial charge is 0.123 e. The summed E-state index contributed by atoms with van der Waals surface area (Å²) >= 11 is 0. The van der Waals surface area contributed by atoms with Crippen LogP contribution in [0.15, 0.2) is 24.3 Å². The third-order valence-corrected chi connectivity index (χ3v) is 4.26. The van der Waals surface area contributed by atoms with Gasteiger partial charge in [-0.25, -0.2) is 4.39 Å². The Labute approximate surface area is 128 Å². The van der Waals surface area contributed by atoms with Crippen LogP contribution < -0.4 is 5.32 Å². The van der Waals surface area contributed by atoms with Gasteiger partial charge in [0.25, 0.3) is 0 Å². The van der Waals surface area contributed by atoms with E-state index in [1.807, 2.05) is 12.1 Å². The van der Waals surface area contributed by atoms with Gasteiger partial charge in [0.05, 0.1) is 12.7 Å². The number of rotatable bonds is 8. The van der Waals surface area contributed by atoms with Crippen molar-refractivity contribution in [3.05, 3.63) is 35.6 Å². The first-order valence-electron chi connectivity index (χ1n) is 8.37. The summed E-state index contributed by atoms with van der Waals surface area (Å²) in [6, 6.07) is 6.72. The molecule has 0 saturated heterocycles. The van der Waals surface area contributed by atoms with E-state index in [1.165, 1.54) is 44.2 Å².